The van der Waals surface area contributed by atoms with Crippen LogP contribution in [-0.2, 0) is 20.9 Å². The van der Waals surface area contributed by atoms with Crippen LogP contribution < -0.4 is 0 Å². The number of benzene rings is 1. The highest BCUT2D eigenvalue weighted by Crippen LogP contribution is 2.40. The van der Waals surface area contributed by atoms with Gasteiger partial charge in [-0.3, -0.25) is 14.5 Å². The fourth-order valence-corrected chi connectivity index (χ4v) is 4.08. The van der Waals surface area contributed by atoms with Crippen molar-refractivity contribution >= 4 is 11.9 Å². The minimum absolute atomic E-state index is 0.0800. The first-order chi connectivity index (χ1) is 12.1. The molecule has 4 rings (SSSR count). The van der Waals surface area contributed by atoms with Gasteiger partial charge in [0.25, 0.3) is 0 Å². The van der Waals surface area contributed by atoms with Crippen LogP contribution in [0.1, 0.15) is 5.56 Å². The highest BCUT2D eigenvalue weighted by molar-refractivity contribution is 5.87. The summed E-state index contributed by atoms with van der Waals surface area (Å²) in [6.45, 7) is 3.75. The fourth-order valence-electron chi connectivity index (χ4n) is 4.08. The van der Waals surface area contributed by atoms with Crippen LogP contribution in [0.5, 0.6) is 0 Å². The zero-order valence-corrected chi connectivity index (χ0v) is 14.0. The third-order valence-corrected chi connectivity index (χ3v) is 5.40. The number of carbonyl (C=O) groups excluding carboxylic acids is 1. The van der Waals surface area contributed by atoms with Gasteiger partial charge in [0.15, 0.2) is 0 Å². The second kappa shape index (κ2) is 6.61. The lowest BCUT2D eigenvalue weighted by molar-refractivity contribution is -0.150. The molecule has 3 aliphatic rings. The molecule has 2 bridgehead atoms. The van der Waals surface area contributed by atoms with Crippen LogP contribution in [0.15, 0.2) is 42.5 Å². The second-order valence-electron chi connectivity index (χ2n) is 6.93. The van der Waals surface area contributed by atoms with Crippen molar-refractivity contribution in [2.24, 2.45) is 11.8 Å². The van der Waals surface area contributed by atoms with Gasteiger partial charge in [-0.05, 0) is 5.56 Å². The van der Waals surface area contributed by atoms with Crippen LogP contribution in [-0.4, -0.2) is 65.2 Å². The number of nitrogens with zero attached hydrogens (tertiary/aromatic N) is 2. The van der Waals surface area contributed by atoms with Gasteiger partial charge in [0, 0.05) is 32.7 Å². The Balaban J connectivity index is 1.37. The summed E-state index contributed by atoms with van der Waals surface area (Å²) in [6.07, 6.45) is 2.75. The Morgan fingerprint density at radius 3 is 2.28 bits per heavy atom. The Morgan fingerprint density at radius 2 is 1.64 bits per heavy atom. The molecular formula is C19H22N2O4. The molecule has 1 amide bonds. The molecule has 1 aromatic carbocycles. The molecule has 0 unspecified atom stereocenters. The van der Waals surface area contributed by atoms with Crippen LogP contribution in [0.2, 0.25) is 0 Å². The van der Waals surface area contributed by atoms with Gasteiger partial charge in [0.2, 0.25) is 5.91 Å². The third-order valence-electron chi connectivity index (χ3n) is 5.40. The quantitative estimate of drug-likeness (QED) is 0.826. The molecule has 2 saturated heterocycles. The molecule has 2 fully saturated rings. The predicted molar refractivity (Wildman–Crippen MR) is 90.7 cm³/mol. The van der Waals surface area contributed by atoms with Crippen molar-refractivity contribution in [3.63, 3.8) is 0 Å². The zero-order valence-electron chi connectivity index (χ0n) is 14.0. The molecule has 132 valence electrons. The summed E-state index contributed by atoms with van der Waals surface area (Å²) in [5, 5.41) is 9.47. The number of hydrogen-bond acceptors (Lipinski definition) is 4. The number of fused-ring (bicyclic) bond motifs is 2. The number of carbonyl (C=O) groups is 2. The Labute approximate surface area is 146 Å². The van der Waals surface area contributed by atoms with E-state index in [4.69, 9.17) is 4.74 Å². The fraction of sp³-hybridized carbons (Fsp3) is 0.474. The van der Waals surface area contributed by atoms with Crippen molar-refractivity contribution in [2.45, 2.75) is 18.8 Å². The van der Waals surface area contributed by atoms with Gasteiger partial charge in [-0.25, -0.2) is 0 Å². The number of rotatable bonds is 4. The van der Waals surface area contributed by atoms with Crippen molar-refractivity contribution in [3.8, 4) is 0 Å². The van der Waals surface area contributed by atoms with E-state index < -0.39 is 23.9 Å². The number of carboxylic acids is 1. The SMILES string of the molecule is O=C(O)[C@H]1[C@H](C(=O)N2CCN(Cc3ccccc3)CC2)[C@H]2C=C[C@H]1O2. The standard InChI is InChI=1S/C19H22N2O4/c22-18(16-14-6-7-15(25-14)17(16)19(23)24)21-10-8-20(9-11-21)12-13-4-2-1-3-5-13/h1-7,14-17H,8-12H2,(H,23,24)/t14-,15-,16-,17-/m1/s1. The molecule has 4 atom stereocenters. The molecule has 1 aromatic rings. The second-order valence-corrected chi connectivity index (χ2v) is 6.93. The minimum atomic E-state index is -0.946. The van der Waals surface area contributed by atoms with Gasteiger partial charge in [0.05, 0.1) is 18.1 Å². The minimum Gasteiger partial charge on any atom is -0.481 e. The van der Waals surface area contributed by atoms with Crippen molar-refractivity contribution in [1.82, 2.24) is 9.80 Å². The first-order valence-electron chi connectivity index (χ1n) is 8.75. The van der Waals surface area contributed by atoms with E-state index in [0.717, 1.165) is 19.6 Å². The summed E-state index contributed by atoms with van der Waals surface area (Å²) in [5.41, 5.74) is 1.26. The van der Waals surface area contributed by atoms with Gasteiger partial charge in [-0.15, -0.1) is 0 Å². The lowest BCUT2D eigenvalue weighted by Gasteiger charge is -2.37. The maximum atomic E-state index is 12.9. The van der Waals surface area contributed by atoms with E-state index in [1.165, 1.54) is 5.56 Å². The summed E-state index contributed by atoms with van der Waals surface area (Å²) in [4.78, 5) is 28.6. The van der Waals surface area contributed by atoms with Gasteiger partial charge in [-0.1, -0.05) is 42.5 Å². The molecule has 25 heavy (non-hydrogen) atoms. The van der Waals surface area contributed by atoms with Crippen LogP contribution in [0.4, 0.5) is 0 Å². The van der Waals surface area contributed by atoms with E-state index in [2.05, 4.69) is 17.0 Å². The van der Waals surface area contributed by atoms with E-state index in [0.29, 0.717) is 13.1 Å². The summed E-state index contributed by atoms with van der Waals surface area (Å²) in [5.74, 6) is -2.38. The summed E-state index contributed by atoms with van der Waals surface area (Å²) in [7, 11) is 0. The van der Waals surface area contributed by atoms with E-state index in [1.54, 1.807) is 11.0 Å². The lowest BCUT2D eigenvalue weighted by atomic mass is 9.82. The molecule has 0 radical (unpaired) electrons. The monoisotopic (exact) mass is 342 g/mol. The van der Waals surface area contributed by atoms with Gasteiger partial charge < -0.3 is 14.7 Å². The van der Waals surface area contributed by atoms with Crippen molar-refractivity contribution < 1.29 is 19.4 Å². The topological polar surface area (TPSA) is 70.1 Å². The summed E-state index contributed by atoms with van der Waals surface area (Å²) in [6, 6.07) is 10.3. The highest BCUT2D eigenvalue weighted by atomic mass is 16.5. The molecule has 3 aliphatic heterocycles. The van der Waals surface area contributed by atoms with E-state index in [9.17, 15) is 14.7 Å². The first-order valence-corrected chi connectivity index (χ1v) is 8.75. The smallest absolute Gasteiger partial charge is 0.310 e. The Hall–Kier alpha value is -2.18. The molecule has 0 spiro atoms. The molecular weight excluding hydrogens is 320 g/mol. The van der Waals surface area contributed by atoms with Gasteiger partial charge >= 0.3 is 5.97 Å². The number of aliphatic carboxylic acids is 1. The van der Waals surface area contributed by atoms with Crippen LogP contribution >= 0.6 is 0 Å². The number of piperazine rings is 1. The maximum Gasteiger partial charge on any atom is 0.310 e. The Kier molecular flexibility index (Phi) is 4.31. The summed E-state index contributed by atoms with van der Waals surface area (Å²) >= 11 is 0. The van der Waals surface area contributed by atoms with Crippen molar-refractivity contribution in [1.29, 1.82) is 0 Å². The van der Waals surface area contributed by atoms with Crippen molar-refractivity contribution in [3.05, 3.63) is 48.0 Å². The zero-order chi connectivity index (χ0) is 17.4. The number of hydrogen-bond donors (Lipinski definition) is 1. The van der Waals surface area contributed by atoms with Gasteiger partial charge in [-0.2, -0.15) is 0 Å². The first kappa shape index (κ1) is 16.3. The van der Waals surface area contributed by atoms with Crippen LogP contribution in [0, 0.1) is 11.8 Å². The number of carboxylic acid groups (broad SMARTS) is 1. The van der Waals surface area contributed by atoms with E-state index >= 15 is 0 Å². The predicted octanol–water partition coefficient (Wildman–Crippen LogP) is 0.985. The summed E-state index contributed by atoms with van der Waals surface area (Å²) < 4.78 is 5.62. The Morgan fingerprint density at radius 1 is 1.00 bits per heavy atom. The molecule has 0 saturated carbocycles. The normalized spacial score (nSPS) is 31.4. The molecule has 0 aliphatic carbocycles. The number of amides is 1. The van der Waals surface area contributed by atoms with Crippen molar-refractivity contribution in [2.75, 3.05) is 26.2 Å². The van der Waals surface area contributed by atoms with Gasteiger partial charge in [0.1, 0.15) is 5.92 Å². The Bertz CT molecular complexity index is 682. The average molecular weight is 342 g/mol. The largest absolute Gasteiger partial charge is 0.481 e. The van der Waals surface area contributed by atoms with Crippen LogP contribution in [0.3, 0.4) is 0 Å². The molecule has 3 heterocycles. The molecule has 6 nitrogen and oxygen atoms in total. The van der Waals surface area contributed by atoms with E-state index in [1.807, 2.05) is 24.3 Å². The van der Waals surface area contributed by atoms with Crippen LogP contribution in [0.25, 0.3) is 0 Å². The molecule has 6 heteroatoms. The number of ether oxygens (including phenoxy) is 1. The average Bonchev–Trinajstić information content (AvgIpc) is 3.24. The lowest BCUT2D eigenvalue weighted by Crippen LogP contribution is -2.52. The highest BCUT2D eigenvalue weighted by Gasteiger charge is 2.54. The van der Waals surface area contributed by atoms with E-state index in [-0.39, 0.29) is 12.0 Å². The molecule has 0 aromatic heterocycles. The molecule has 1 N–H and O–H groups in total. The maximum absolute atomic E-state index is 12.9. The third kappa shape index (κ3) is 3.07.